The van der Waals surface area contributed by atoms with E-state index in [4.69, 9.17) is 4.74 Å². The molecular formula is C16H20FNO2. The summed E-state index contributed by atoms with van der Waals surface area (Å²) in [6.07, 6.45) is -0.0344. The molecule has 0 spiro atoms. The van der Waals surface area contributed by atoms with Gasteiger partial charge >= 0.3 is 6.09 Å². The maximum Gasteiger partial charge on any atom is 0.407 e. The molecule has 0 saturated carbocycles. The first kappa shape index (κ1) is 16.0. The predicted octanol–water partition coefficient (Wildman–Crippen LogP) is 3.40. The van der Waals surface area contributed by atoms with Crippen LogP contribution in [0.3, 0.4) is 0 Å². The molecule has 1 N–H and O–H groups in total. The Morgan fingerprint density at radius 2 is 2.10 bits per heavy atom. The van der Waals surface area contributed by atoms with Crippen LogP contribution in [0.15, 0.2) is 18.2 Å². The average Bonchev–Trinajstić information content (AvgIpc) is 2.28. The van der Waals surface area contributed by atoms with Crippen molar-refractivity contribution >= 4 is 6.09 Å². The molecule has 20 heavy (non-hydrogen) atoms. The first-order chi connectivity index (χ1) is 9.28. The van der Waals surface area contributed by atoms with Crippen LogP contribution in [0.1, 0.15) is 38.3 Å². The summed E-state index contributed by atoms with van der Waals surface area (Å²) in [6, 6.07) is 4.91. The zero-order chi connectivity index (χ0) is 15.2. The second-order valence-corrected chi connectivity index (χ2v) is 5.46. The van der Waals surface area contributed by atoms with Crippen molar-refractivity contribution in [1.29, 1.82) is 0 Å². The lowest BCUT2D eigenvalue weighted by molar-refractivity contribution is 0.0529. The summed E-state index contributed by atoms with van der Waals surface area (Å²) in [5.74, 6) is 5.24. The summed E-state index contributed by atoms with van der Waals surface area (Å²) in [6.45, 7) is 7.59. The summed E-state index contributed by atoms with van der Waals surface area (Å²) in [5, 5.41) is 2.59. The van der Waals surface area contributed by atoms with Crippen LogP contribution in [-0.2, 0) is 4.74 Å². The fourth-order valence-corrected chi connectivity index (χ4v) is 1.42. The van der Waals surface area contributed by atoms with Gasteiger partial charge in [-0.3, -0.25) is 0 Å². The molecule has 1 amide bonds. The zero-order valence-electron chi connectivity index (χ0n) is 12.3. The van der Waals surface area contributed by atoms with Crippen LogP contribution >= 0.6 is 0 Å². The summed E-state index contributed by atoms with van der Waals surface area (Å²) in [4.78, 5) is 11.3. The molecule has 0 aromatic heterocycles. The maximum absolute atomic E-state index is 13.5. The van der Waals surface area contributed by atoms with Crippen LogP contribution < -0.4 is 5.32 Å². The molecule has 0 aliphatic carbocycles. The third-order valence-corrected chi connectivity index (χ3v) is 2.27. The Balaban J connectivity index is 2.38. The molecule has 0 unspecified atom stereocenters. The highest BCUT2D eigenvalue weighted by molar-refractivity contribution is 5.67. The third kappa shape index (κ3) is 6.24. The lowest BCUT2D eigenvalue weighted by atomic mass is 10.1. The van der Waals surface area contributed by atoms with Crippen molar-refractivity contribution in [2.24, 2.45) is 0 Å². The van der Waals surface area contributed by atoms with Gasteiger partial charge in [0.25, 0.3) is 0 Å². The number of alkyl carbamates (subject to hydrolysis) is 1. The molecule has 0 bridgehead atoms. The first-order valence-corrected chi connectivity index (χ1v) is 6.50. The number of carbonyl (C=O) groups excluding carboxylic acids is 1. The molecule has 108 valence electrons. The number of rotatable bonds is 2. The normalized spacial score (nSPS) is 10.4. The third-order valence-electron chi connectivity index (χ3n) is 2.27. The van der Waals surface area contributed by atoms with Crippen molar-refractivity contribution in [3.05, 3.63) is 35.1 Å². The van der Waals surface area contributed by atoms with Gasteiger partial charge in [0, 0.05) is 13.0 Å². The van der Waals surface area contributed by atoms with E-state index in [0.29, 0.717) is 18.5 Å². The number of hydrogen-bond donors (Lipinski definition) is 1. The Bertz CT molecular complexity index is 536. The molecule has 0 fully saturated rings. The quantitative estimate of drug-likeness (QED) is 0.664. The number of nitrogens with one attached hydrogen (secondary N) is 1. The van der Waals surface area contributed by atoms with Gasteiger partial charge in [-0.25, -0.2) is 9.18 Å². The van der Waals surface area contributed by atoms with E-state index in [1.165, 1.54) is 6.07 Å². The van der Waals surface area contributed by atoms with Crippen LogP contribution in [0.25, 0.3) is 0 Å². The van der Waals surface area contributed by atoms with Crippen LogP contribution in [0.5, 0.6) is 0 Å². The van der Waals surface area contributed by atoms with Crippen molar-refractivity contribution in [3.63, 3.8) is 0 Å². The van der Waals surface area contributed by atoms with Crippen LogP contribution in [0, 0.1) is 24.6 Å². The van der Waals surface area contributed by atoms with Crippen molar-refractivity contribution in [2.75, 3.05) is 6.54 Å². The van der Waals surface area contributed by atoms with E-state index in [1.54, 1.807) is 26.8 Å². The summed E-state index contributed by atoms with van der Waals surface area (Å²) >= 11 is 0. The SMILES string of the molecule is Cc1ccc(C#CCCNC(=O)OC(C)(C)C)c(F)c1. The van der Waals surface area contributed by atoms with E-state index in [2.05, 4.69) is 17.2 Å². The van der Waals surface area contributed by atoms with Gasteiger partial charge in [0.05, 0.1) is 5.56 Å². The molecule has 3 nitrogen and oxygen atoms in total. The van der Waals surface area contributed by atoms with Crippen molar-refractivity contribution in [2.45, 2.75) is 39.7 Å². The highest BCUT2D eigenvalue weighted by atomic mass is 19.1. The minimum Gasteiger partial charge on any atom is -0.444 e. The van der Waals surface area contributed by atoms with E-state index in [0.717, 1.165) is 5.56 Å². The van der Waals surface area contributed by atoms with Crippen molar-refractivity contribution in [3.8, 4) is 11.8 Å². The molecule has 0 radical (unpaired) electrons. The van der Waals surface area contributed by atoms with Crippen LogP contribution in [0.2, 0.25) is 0 Å². The van der Waals surface area contributed by atoms with Gasteiger partial charge in [-0.15, -0.1) is 0 Å². The smallest absolute Gasteiger partial charge is 0.407 e. The van der Waals surface area contributed by atoms with E-state index in [9.17, 15) is 9.18 Å². The minimum absolute atomic E-state index is 0.322. The molecule has 0 aliphatic heterocycles. The number of aryl methyl sites for hydroxylation is 1. The molecular weight excluding hydrogens is 257 g/mol. The van der Waals surface area contributed by atoms with Gasteiger partial charge in [0.15, 0.2) is 0 Å². The van der Waals surface area contributed by atoms with Crippen LogP contribution in [0.4, 0.5) is 9.18 Å². The monoisotopic (exact) mass is 277 g/mol. The zero-order valence-corrected chi connectivity index (χ0v) is 12.3. The topological polar surface area (TPSA) is 38.3 Å². The standard InChI is InChI=1S/C16H20FNO2/c1-12-8-9-13(14(17)11-12)7-5-6-10-18-15(19)20-16(2,3)4/h8-9,11H,6,10H2,1-4H3,(H,18,19). The van der Waals surface area contributed by atoms with Crippen LogP contribution in [-0.4, -0.2) is 18.2 Å². The van der Waals surface area contributed by atoms with Gasteiger partial charge in [0.1, 0.15) is 11.4 Å². The van der Waals surface area contributed by atoms with E-state index in [1.807, 2.05) is 13.0 Å². The molecule has 1 aromatic rings. The minimum atomic E-state index is -0.513. The maximum atomic E-state index is 13.5. The van der Waals surface area contributed by atoms with Crippen molar-refractivity contribution in [1.82, 2.24) is 5.32 Å². The number of benzene rings is 1. The van der Waals surface area contributed by atoms with Crippen molar-refractivity contribution < 1.29 is 13.9 Å². The lowest BCUT2D eigenvalue weighted by Crippen LogP contribution is -2.32. The predicted molar refractivity (Wildman–Crippen MR) is 76.9 cm³/mol. The average molecular weight is 277 g/mol. The molecule has 0 atom stereocenters. The number of halogens is 1. The number of ether oxygens (including phenoxy) is 1. The number of hydrogen-bond acceptors (Lipinski definition) is 2. The second kappa shape index (κ2) is 6.95. The summed E-state index contributed by atoms with van der Waals surface area (Å²) < 4.78 is 18.6. The Labute approximate surface area is 119 Å². The molecule has 0 heterocycles. The Kier molecular flexibility index (Phi) is 5.57. The lowest BCUT2D eigenvalue weighted by Gasteiger charge is -2.19. The fraction of sp³-hybridized carbons (Fsp3) is 0.438. The Morgan fingerprint density at radius 3 is 2.70 bits per heavy atom. The highest BCUT2D eigenvalue weighted by Crippen LogP contribution is 2.08. The largest absolute Gasteiger partial charge is 0.444 e. The number of amides is 1. The second-order valence-electron chi connectivity index (χ2n) is 5.46. The molecule has 1 aromatic carbocycles. The summed E-state index contributed by atoms with van der Waals surface area (Å²) in [7, 11) is 0. The van der Waals surface area contributed by atoms with Gasteiger partial charge < -0.3 is 10.1 Å². The van der Waals surface area contributed by atoms with Gasteiger partial charge in [-0.05, 0) is 45.4 Å². The number of carbonyl (C=O) groups is 1. The molecule has 0 saturated heterocycles. The van der Waals surface area contributed by atoms with E-state index in [-0.39, 0.29) is 5.82 Å². The molecule has 4 heteroatoms. The Morgan fingerprint density at radius 1 is 1.40 bits per heavy atom. The molecule has 1 rings (SSSR count). The highest BCUT2D eigenvalue weighted by Gasteiger charge is 2.15. The fourth-order valence-electron chi connectivity index (χ4n) is 1.42. The van der Waals surface area contributed by atoms with E-state index < -0.39 is 11.7 Å². The van der Waals surface area contributed by atoms with Gasteiger partial charge in [-0.1, -0.05) is 17.9 Å². The van der Waals surface area contributed by atoms with Gasteiger partial charge in [-0.2, -0.15) is 0 Å². The first-order valence-electron chi connectivity index (χ1n) is 6.50. The van der Waals surface area contributed by atoms with E-state index >= 15 is 0 Å². The Hall–Kier alpha value is -2.02. The van der Waals surface area contributed by atoms with Gasteiger partial charge in [0.2, 0.25) is 0 Å². The molecule has 0 aliphatic rings. The summed E-state index contributed by atoms with van der Waals surface area (Å²) in [5.41, 5.74) is 0.716.